The van der Waals surface area contributed by atoms with E-state index in [-0.39, 0.29) is 18.7 Å². The number of amides is 1. The minimum Gasteiger partial charge on any atom is -0.484 e. The highest BCUT2D eigenvalue weighted by atomic mass is 16.5. The molecule has 8 heteroatoms. The fraction of sp³-hybridized carbons (Fsp3) is 0.240. The number of aromatic amines is 1. The van der Waals surface area contributed by atoms with Crippen molar-refractivity contribution in [3.05, 3.63) is 75.8 Å². The molecule has 0 unspecified atom stereocenters. The van der Waals surface area contributed by atoms with Crippen molar-refractivity contribution >= 4 is 33.7 Å². The molecule has 8 nitrogen and oxygen atoms in total. The first kappa shape index (κ1) is 20.8. The van der Waals surface area contributed by atoms with Gasteiger partial charge in [0.2, 0.25) is 0 Å². The van der Waals surface area contributed by atoms with Crippen molar-refractivity contribution in [1.29, 1.82) is 0 Å². The number of para-hydroxylation sites is 1. The first-order valence-corrected chi connectivity index (χ1v) is 10.8. The molecule has 0 spiro atoms. The highest BCUT2D eigenvalue weighted by molar-refractivity contribution is 5.87. The molecule has 4 aromatic rings. The highest BCUT2D eigenvalue weighted by Crippen LogP contribution is 2.29. The van der Waals surface area contributed by atoms with Crippen LogP contribution in [0.15, 0.2) is 57.9 Å². The molecule has 2 aromatic heterocycles. The van der Waals surface area contributed by atoms with Crippen LogP contribution in [0.25, 0.3) is 21.9 Å². The molecule has 0 saturated carbocycles. The Morgan fingerprint density at radius 1 is 1.12 bits per heavy atom. The van der Waals surface area contributed by atoms with Gasteiger partial charge >= 0.3 is 11.6 Å². The van der Waals surface area contributed by atoms with E-state index in [1.54, 1.807) is 18.3 Å². The fourth-order valence-electron chi connectivity index (χ4n) is 4.46. The molecule has 0 radical (unpaired) electrons. The van der Waals surface area contributed by atoms with E-state index < -0.39 is 17.9 Å². The first-order chi connectivity index (χ1) is 16.0. The number of ether oxygens (including phenoxy) is 1. The van der Waals surface area contributed by atoms with Crippen LogP contribution in [0, 0.1) is 0 Å². The maximum atomic E-state index is 12.4. The number of carbonyl (C=O) groups is 2. The maximum absolute atomic E-state index is 12.4. The highest BCUT2D eigenvalue weighted by Gasteiger charge is 2.23. The molecule has 1 aliphatic rings. The fourth-order valence-corrected chi connectivity index (χ4v) is 4.46. The number of aromatic nitrogens is 1. The van der Waals surface area contributed by atoms with E-state index in [0.717, 1.165) is 52.2 Å². The van der Waals surface area contributed by atoms with Gasteiger partial charge in [0.15, 0.2) is 6.61 Å². The summed E-state index contributed by atoms with van der Waals surface area (Å²) in [7, 11) is 0. The zero-order chi connectivity index (χ0) is 22.9. The van der Waals surface area contributed by atoms with Crippen LogP contribution in [0.1, 0.15) is 23.1 Å². The minimum absolute atomic E-state index is 0.136. The third-order valence-electron chi connectivity index (χ3n) is 6.05. The SMILES string of the molecule is O=C(COc1ccc2c3c(c(=O)oc2c1)CCC3)N[C@@H](Cc1c[nH]c2ccccc12)C(=O)O. The monoisotopic (exact) mass is 446 g/mol. The molecule has 1 amide bonds. The zero-order valence-electron chi connectivity index (χ0n) is 17.7. The molecule has 2 aromatic carbocycles. The van der Waals surface area contributed by atoms with Crippen molar-refractivity contribution in [3.63, 3.8) is 0 Å². The van der Waals surface area contributed by atoms with E-state index in [1.165, 1.54) is 0 Å². The molecule has 2 heterocycles. The van der Waals surface area contributed by atoms with Crippen molar-refractivity contribution in [3.8, 4) is 5.75 Å². The molecule has 1 aliphatic carbocycles. The van der Waals surface area contributed by atoms with Gasteiger partial charge in [-0.25, -0.2) is 9.59 Å². The van der Waals surface area contributed by atoms with E-state index in [0.29, 0.717) is 11.3 Å². The normalized spacial score (nSPS) is 13.7. The summed E-state index contributed by atoms with van der Waals surface area (Å²) in [6, 6.07) is 11.6. The Morgan fingerprint density at radius 2 is 1.94 bits per heavy atom. The lowest BCUT2D eigenvalue weighted by Crippen LogP contribution is -2.44. The number of hydrogen-bond acceptors (Lipinski definition) is 5. The van der Waals surface area contributed by atoms with Gasteiger partial charge < -0.3 is 24.6 Å². The van der Waals surface area contributed by atoms with E-state index in [2.05, 4.69) is 10.3 Å². The van der Waals surface area contributed by atoms with Gasteiger partial charge in [-0.05, 0) is 48.6 Å². The van der Waals surface area contributed by atoms with Gasteiger partial charge in [0.25, 0.3) is 5.91 Å². The number of benzene rings is 2. The first-order valence-electron chi connectivity index (χ1n) is 10.8. The number of aryl methyl sites for hydroxylation is 1. The Labute approximate surface area is 188 Å². The second-order valence-corrected chi connectivity index (χ2v) is 8.17. The third kappa shape index (κ3) is 4.07. The predicted molar refractivity (Wildman–Crippen MR) is 122 cm³/mol. The number of carbonyl (C=O) groups excluding carboxylic acids is 1. The summed E-state index contributed by atoms with van der Waals surface area (Å²) in [5.41, 5.74) is 3.56. The quantitative estimate of drug-likeness (QED) is 0.375. The van der Waals surface area contributed by atoms with Crippen LogP contribution in [0.3, 0.4) is 0 Å². The molecule has 0 aliphatic heterocycles. The Kier molecular flexibility index (Phi) is 5.34. The lowest BCUT2D eigenvalue weighted by molar-refractivity contribution is -0.142. The predicted octanol–water partition coefficient (Wildman–Crippen LogP) is 2.95. The van der Waals surface area contributed by atoms with E-state index in [1.807, 2.05) is 30.3 Å². The summed E-state index contributed by atoms with van der Waals surface area (Å²) in [5.74, 6) is -1.32. The summed E-state index contributed by atoms with van der Waals surface area (Å²) in [4.78, 5) is 39.4. The van der Waals surface area contributed by atoms with Crippen LogP contribution in [0.2, 0.25) is 0 Å². The van der Waals surface area contributed by atoms with Gasteiger partial charge in [0.1, 0.15) is 17.4 Å². The Morgan fingerprint density at radius 3 is 2.79 bits per heavy atom. The summed E-state index contributed by atoms with van der Waals surface area (Å²) in [5, 5.41) is 13.9. The van der Waals surface area contributed by atoms with Crippen LogP contribution in [0.4, 0.5) is 0 Å². The number of nitrogens with one attached hydrogen (secondary N) is 2. The van der Waals surface area contributed by atoms with Crippen molar-refractivity contribution in [2.75, 3.05) is 6.61 Å². The Hall–Kier alpha value is -4.07. The topological polar surface area (TPSA) is 122 Å². The minimum atomic E-state index is -1.13. The molecule has 168 valence electrons. The summed E-state index contributed by atoms with van der Waals surface area (Å²) in [6.45, 7) is -0.363. The molecular formula is C25H22N2O6. The zero-order valence-corrected chi connectivity index (χ0v) is 17.7. The average Bonchev–Trinajstić information content (AvgIpc) is 3.45. The molecule has 0 fully saturated rings. The van der Waals surface area contributed by atoms with Crippen LogP contribution < -0.4 is 15.7 Å². The summed E-state index contributed by atoms with van der Waals surface area (Å²) < 4.78 is 11.0. The van der Waals surface area contributed by atoms with Gasteiger partial charge in [-0.3, -0.25) is 4.79 Å². The van der Waals surface area contributed by atoms with Gasteiger partial charge in [-0.1, -0.05) is 18.2 Å². The summed E-state index contributed by atoms with van der Waals surface area (Å²) in [6.07, 6.45) is 4.39. The number of aliphatic carboxylic acids is 1. The number of carboxylic acids is 1. The molecule has 3 N–H and O–H groups in total. The van der Waals surface area contributed by atoms with Crippen molar-refractivity contribution in [2.45, 2.75) is 31.7 Å². The van der Waals surface area contributed by atoms with Crippen molar-refractivity contribution in [1.82, 2.24) is 10.3 Å². The van der Waals surface area contributed by atoms with Gasteiger partial charge in [-0.2, -0.15) is 0 Å². The molecule has 0 saturated heterocycles. The molecule has 5 rings (SSSR count). The van der Waals surface area contributed by atoms with Crippen LogP contribution in [-0.4, -0.2) is 34.6 Å². The standard InChI is InChI=1S/C25H22N2O6/c28-23(27-21(24(29)30)10-14-12-26-20-7-2-1-4-16(14)20)13-32-15-8-9-18-17-5-3-6-19(17)25(31)33-22(18)11-15/h1-2,4,7-9,11-12,21,26H,3,5-6,10,13H2,(H,27,28)(H,29,30)/t21-/m0/s1. The van der Waals surface area contributed by atoms with Gasteiger partial charge in [-0.15, -0.1) is 0 Å². The number of hydrogen-bond donors (Lipinski definition) is 3. The Balaban J connectivity index is 1.26. The second kappa shape index (κ2) is 8.46. The maximum Gasteiger partial charge on any atom is 0.339 e. The second-order valence-electron chi connectivity index (χ2n) is 8.17. The number of carboxylic acid groups (broad SMARTS) is 1. The average molecular weight is 446 g/mol. The van der Waals surface area contributed by atoms with E-state index in [9.17, 15) is 19.5 Å². The van der Waals surface area contributed by atoms with Crippen LogP contribution in [-0.2, 0) is 28.9 Å². The summed E-state index contributed by atoms with van der Waals surface area (Å²) >= 11 is 0. The largest absolute Gasteiger partial charge is 0.484 e. The number of H-pyrrole nitrogens is 1. The lowest BCUT2D eigenvalue weighted by atomic mass is 10.1. The molecular weight excluding hydrogens is 424 g/mol. The smallest absolute Gasteiger partial charge is 0.339 e. The van der Waals surface area contributed by atoms with Gasteiger partial charge in [0, 0.05) is 40.5 Å². The van der Waals surface area contributed by atoms with Crippen LogP contribution in [0.5, 0.6) is 5.75 Å². The lowest BCUT2D eigenvalue weighted by Gasteiger charge is -2.15. The molecule has 33 heavy (non-hydrogen) atoms. The number of rotatable bonds is 7. The molecule has 0 bridgehead atoms. The van der Waals surface area contributed by atoms with Gasteiger partial charge in [0.05, 0.1) is 0 Å². The third-order valence-corrected chi connectivity index (χ3v) is 6.05. The Bertz CT molecular complexity index is 1430. The van der Waals surface area contributed by atoms with Crippen molar-refractivity contribution in [2.24, 2.45) is 0 Å². The molecule has 1 atom stereocenters. The van der Waals surface area contributed by atoms with E-state index >= 15 is 0 Å². The number of fused-ring (bicyclic) bond motifs is 4. The van der Waals surface area contributed by atoms with Crippen molar-refractivity contribution < 1.29 is 23.8 Å². The van der Waals surface area contributed by atoms with Crippen LogP contribution >= 0.6 is 0 Å². The van der Waals surface area contributed by atoms with E-state index in [4.69, 9.17) is 9.15 Å².